The van der Waals surface area contributed by atoms with Gasteiger partial charge >= 0.3 is 0 Å². The fraction of sp³-hybridized carbons (Fsp3) is 0.200. The monoisotopic (exact) mass is 355 g/mol. The first kappa shape index (κ1) is 18.9. The van der Waals surface area contributed by atoms with Gasteiger partial charge in [-0.25, -0.2) is 0 Å². The van der Waals surface area contributed by atoms with Gasteiger partial charge in [-0.05, 0) is 23.6 Å². The number of nitrogens with one attached hydrogen (secondary N) is 1. The molecule has 0 fully saturated rings. The van der Waals surface area contributed by atoms with Crippen LogP contribution in [0.2, 0.25) is 0 Å². The molecule has 3 aromatic rings. The fourth-order valence-electron chi connectivity index (χ4n) is 3.42. The molecule has 0 unspecified atom stereocenters. The molecule has 0 amide bonds. The van der Waals surface area contributed by atoms with E-state index in [9.17, 15) is 0 Å². The summed E-state index contributed by atoms with van der Waals surface area (Å²) in [5.41, 5.74) is 3.09. The summed E-state index contributed by atoms with van der Waals surface area (Å²) in [5, 5.41) is 3.80. The maximum absolute atomic E-state index is 5.70. The van der Waals surface area contributed by atoms with Gasteiger partial charge in [0, 0.05) is 6.54 Å². The van der Waals surface area contributed by atoms with Crippen molar-refractivity contribution in [2.75, 3.05) is 13.2 Å². The molecule has 0 aliphatic carbocycles. The lowest BCUT2D eigenvalue weighted by Gasteiger charge is -2.38. The molecule has 27 heavy (non-hydrogen) atoms. The van der Waals surface area contributed by atoms with Crippen molar-refractivity contribution >= 4 is 0 Å². The number of hydrogen-bond donors (Lipinski definition) is 1. The zero-order chi connectivity index (χ0) is 19.0. The molecular weight excluding hydrogens is 330 g/mol. The highest BCUT2D eigenvalue weighted by Crippen LogP contribution is 2.36. The maximum atomic E-state index is 5.70. The number of rotatable bonds is 8. The average molecular weight is 355 g/mol. The Morgan fingerprint density at radius 3 is 1.59 bits per heavy atom. The van der Waals surface area contributed by atoms with Crippen molar-refractivity contribution in [1.29, 1.82) is 0 Å². The van der Waals surface area contributed by atoms with E-state index in [1.54, 1.807) is 0 Å². The molecule has 0 aliphatic heterocycles. The first-order chi connectivity index (χ1) is 13.3. The third-order valence-electron chi connectivity index (χ3n) is 4.73. The van der Waals surface area contributed by atoms with E-state index in [2.05, 4.69) is 84.0 Å². The van der Waals surface area contributed by atoms with Crippen molar-refractivity contribution < 1.29 is 4.74 Å². The fourth-order valence-corrected chi connectivity index (χ4v) is 3.42. The number of hydrogen-bond acceptors (Lipinski definition) is 2. The van der Waals surface area contributed by atoms with E-state index < -0.39 is 5.54 Å². The highest BCUT2D eigenvalue weighted by atomic mass is 16.5. The van der Waals surface area contributed by atoms with E-state index in [1.165, 1.54) is 16.7 Å². The second-order valence-corrected chi connectivity index (χ2v) is 6.55. The lowest BCUT2D eigenvalue weighted by Crippen LogP contribution is -2.47. The Balaban J connectivity index is 2.10. The molecule has 3 rings (SSSR count). The highest BCUT2D eigenvalue weighted by Gasteiger charge is 2.36. The quantitative estimate of drug-likeness (QED) is 0.471. The predicted molar refractivity (Wildman–Crippen MR) is 111 cm³/mol. The van der Waals surface area contributed by atoms with Crippen LogP contribution in [-0.4, -0.2) is 19.3 Å². The van der Waals surface area contributed by atoms with Gasteiger partial charge in [-0.3, -0.25) is 5.32 Å². The summed E-state index contributed by atoms with van der Waals surface area (Å²) in [5.74, 6) is 2.54. The Hall–Kier alpha value is -2.86. The van der Waals surface area contributed by atoms with Crippen LogP contribution in [0.15, 0.2) is 91.0 Å². The van der Waals surface area contributed by atoms with Crippen LogP contribution >= 0.6 is 0 Å². The van der Waals surface area contributed by atoms with Crippen LogP contribution in [0.4, 0.5) is 0 Å². The SMILES string of the molecule is C#CCO[C@@H](C)CNC(c1ccccc1)(c1ccccc1)c1ccccc1. The van der Waals surface area contributed by atoms with Gasteiger partial charge in [-0.15, -0.1) is 6.42 Å². The van der Waals surface area contributed by atoms with E-state index in [1.807, 2.05) is 25.1 Å². The molecule has 2 nitrogen and oxygen atoms in total. The molecule has 0 aliphatic rings. The van der Waals surface area contributed by atoms with Gasteiger partial charge in [0.25, 0.3) is 0 Å². The molecule has 1 N–H and O–H groups in total. The summed E-state index contributed by atoms with van der Waals surface area (Å²) in [6.07, 6.45) is 5.33. The first-order valence-electron chi connectivity index (χ1n) is 9.24. The van der Waals surface area contributed by atoms with Crippen molar-refractivity contribution in [3.8, 4) is 12.3 Å². The largest absolute Gasteiger partial charge is 0.365 e. The molecule has 0 bridgehead atoms. The Kier molecular flexibility index (Phi) is 6.44. The minimum absolute atomic E-state index is 0.00318. The number of terminal acetylenes is 1. The second kappa shape index (κ2) is 9.19. The van der Waals surface area contributed by atoms with Crippen LogP contribution in [0, 0.1) is 12.3 Å². The second-order valence-electron chi connectivity index (χ2n) is 6.55. The Morgan fingerprint density at radius 2 is 1.22 bits per heavy atom. The normalized spacial score (nSPS) is 12.3. The van der Waals surface area contributed by atoms with E-state index in [-0.39, 0.29) is 6.10 Å². The van der Waals surface area contributed by atoms with Crippen molar-refractivity contribution in [2.24, 2.45) is 0 Å². The summed E-state index contributed by atoms with van der Waals surface area (Å²) >= 11 is 0. The molecule has 0 radical (unpaired) electrons. The van der Waals surface area contributed by atoms with Gasteiger partial charge in [-0.1, -0.05) is 96.9 Å². The van der Waals surface area contributed by atoms with Crippen molar-refractivity contribution in [2.45, 2.75) is 18.6 Å². The molecule has 0 heterocycles. The molecular formula is C25H25NO. The van der Waals surface area contributed by atoms with Gasteiger partial charge in [0.2, 0.25) is 0 Å². The summed E-state index contributed by atoms with van der Waals surface area (Å²) in [7, 11) is 0. The molecule has 0 saturated carbocycles. The highest BCUT2D eigenvalue weighted by molar-refractivity contribution is 5.49. The third kappa shape index (κ3) is 4.28. The smallest absolute Gasteiger partial charge is 0.107 e. The molecule has 2 heteroatoms. The average Bonchev–Trinajstić information content (AvgIpc) is 2.75. The van der Waals surface area contributed by atoms with Gasteiger partial charge in [0.05, 0.1) is 11.6 Å². The molecule has 136 valence electrons. The lowest BCUT2D eigenvalue weighted by molar-refractivity contribution is 0.0873. The van der Waals surface area contributed by atoms with Crippen LogP contribution in [0.25, 0.3) is 0 Å². The minimum atomic E-state index is -0.475. The van der Waals surface area contributed by atoms with Gasteiger partial charge < -0.3 is 4.74 Å². The molecule has 0 aromatic heterocycles. The van der Waals surface area contributed by atoms with Crippen LogP contribution < -0.4 is 5.32 Å². The van der Waals surface area contributed by atoms with Gasteiger partial charge in [0.15, 0.2) is 0 Å². The van der Waals surface area contributed by atoms with E-state index in [0.29, 0.717) is 13.2 Å². The van der Waals surface area contributed by atoms with Gasteiger partial charge in [0.1, 0.15) is 6.61 Å². The first-order valence-corrected chi connectivity index (χ1v) is 9.24. The van der Waals surface area contributed by atoms with E-state index >= 15 is 0 Å². The third-order valence-corrected chi connectivity index (χ3v) is 4.73. The van der Waals surface area contributed by atoms with E-state index in [4.69, 9.17) is 11.2 Å². The van der Waals surface area contributed by atoms with E-state index in [0.717, 1.165) is 0 Å². The Labute approximate surface area is 162 Å². The zero-order valence-corrected chi connectivity index (χ0v) is 15.6. The van der Waals surface area contributed by atoms with Gasteiger partial charge in [-0.2, -0.15) is 0 Å². The Bertz CT molecular complexity index is 756. The topological polar surface area (TPSA) is 21.3 Å². The zero-order valence-electron chi connectivity index (χ0n) is 15.6. The molecule has 0 saturated heterocycles. The summed E-state index contributed by atoms with van der Waals surface area (Å²) < 4.78 is 5.70. The standard InChI is InChI=1S/C25H25NO/c1-3-19-27-21(2)20-26-25(22-13-7-4-8-14-22,23-15-9-5-10-16-23)24-17-11-6-12-18-24/h1,4-18,21,26H,19-20H2,2H3/t21-/m0/s1. The van der Waals surface area contributed by atoms with Crippen molar-refractivity contribution in [3.63, 3.8) is 0 Å². The van der Waals surface area contributed by atoms with Crippen molar-refractivity contribution in [3.05, 3.63) is 108 Å². The predicted octanol–water partition coefficient (Wildman–Crippen LogP) is 4.61. The van der Waals surface area contributed by atoms with Crippen LogP contribution in [0.1, 0.15) is 23.6 Å². The molecule has 3 aromatic carbocycles. The molecule has 0 spiro atoms. The number of benzene rings is 3. The lowest BCUT2D eigenvalue weighted by atomic mass is 9.77. The molecule has 1 atom stereocenters. The summed E-state index contributed by atoms with van der Waals surface area (Å²) in [6.45, 7) is 3.02. The van der Waals surface area contributed by atoms with Crippen LogP contribution in [0.3, 0.4) is 0 Å². The number of ether oxygens (including phenoxy) is 1. The van der Waals surface area contributed by atoms with Crippen LogP contribution in [-0.2, 0) is 10.3 Å². The summed E-state index contributed by atoms with van der Waals surface area (Å²) in [6, 6.07) is 31.6. The maximum Gasteiger partial charge on any atom is 0.107 e. The van der Waals surface area contributed by atoms with Crippen molar-refractivity contribution in [1.82, 2.24) is 5.32 Å². The summed E-state index contributed by atoms with van der Waals surface area (Å²) in [4.78, 5) is 0. The Morgan fingerprint density at radius 1 is 0.815 bits per heavy atom. The van der Waals surface area contributed by atoms with Crippen LogP contribution in [0.5, 0.6) is 0 Å². The minimum Gasteiger partial charge on any atom is -0.365 e.